The fourth-order valence-electron chi connectivity index (χ4n) is 1.23. The van der Waals surface area contributed by atoms with Gasteiger partial charge in [0.25, 0.3) is 0 Å². The summed E-state index contributed by atoms with van der Waals surface area (Å²) in [5, 5.41) is 20.6. The Bertz CT molecular complexity index is 542. The van der Waals surface area contributed by atoms with E-state index >= 15 is 0 Å². The molecule has 0 aliphatic heterocycles. The van der Waals surface area contributed by atoms with Gasteiger partial charge < -0.3 is 5.11 Å². The van der Waals surface area contributed by atoms with Gasteiger partial charge in [0, 0.05) is 19.0 Å². The fourth-order valence-corrected chi connectivity index (χ4v) is 2.07. The lowest BCUT2D eigenvalue weighted by molar-refractivity contribution is 0.0689. The molecule has 8 heteroatoms. The molecule has 17 heavy (non-hydrogen) atoms. The molecular formula is C9H9N5O2S. The molecule has 0 radical (unpaired) electrons. The van der Waals surface area contributed by atoms with Gasteiger partial charge in [-0.3, -0.25) is 0 Å². The minimum Gasteiger partial charge on any atom is -0.477 e. The molecule has 0 atom stereocenters. The van der Waals surface area contributed by atoms with E-state index in [9.17, 15) is 4.79 Å². The van der Waals surface area contributed by atoms with Crippen molar-refractivity contribution in [2.24, 2.45) is 7.05 Å². The van der Waals surface area contributed by atoms with Gasteiger partial charge in [-0.05, 0) is 22.1 Å². The van der Waals surface area contributed by atoms with Gasteiger partial charge in [0.1, 0.15) is 0 Å². The van der Waals surface area contributed by atoms with Crippen molar-refractivity contribution in [2.45, 2.75) is 10.9 Å². The van der Waals surface area contributed by atoms with Crippen LogP contribution in [0, 0.1) is 0 Å². The summed E-state index contributed by atoms with van der Waals surface area (Å²) in [7, 11) is 1.73. The van der Waals surface area contributed by atoms with Gasteiger partial charge in [-0.1, -0.05) is 17.8 Å². The highest BCUT2D eigenvalue weighted by atomic mass is 32.2. The van der Waals surface area contributed by atoms with E-state index in [1.807, 2.05) is 0 Å². The number of hydrogen-bond donors (Lipinski definition) is 1. The van der Waals surface area contributed by atoms with Crippen LogP contribution in [0.3, 0.4) is 0 Å². The van der Waals surface area contributed by atoms with Crippen molar-refractivity contribution in [1.29, 1.82) is 0 Å². The summed E-state index contributed by atoms with van der Waals surface area (Å²) < 4.78 is 1.53. The zero-order chi connectivity index (χ0) is 12.3. The topological polar surface area (TPSA) is 93.8 Å². The maximum absolute atomic E-state index is 10.9. The summed E-state index contributed by atoms with van der Waals surface area (Å²) in [4.78, 5) is 14.8. The Morgan fingerprint density at radius 3 is 3.06 bits per heavy atom. The summed E-state index contributed by atoms with van der Waals surface area (Å²) in [6, 6.07) is 3.44. The van der Waals surface area contributed by atoms with E-state index in [-0.39, 0.29) is 5.69 Å². The molecule has 2 aromatic heterocycles. The van der Waals surface area contributed by atoms with Crippen molar-refractivity contribution < 1.29 is 9.90 Å². The number of tetrazole rings is 1. The molecule has 0 fully saturated rings. The number of aromatic nitrogens is 5. The average molecular weight is 251 g/mol. The van der Waals surface area contributed by atoms with Crippen LogP contribution in [0.15, 0.2) is 23.5 Å². The Balaban J connectivity index is 2.14. The van der Waals surface area contributed by atoms with Gasteiger partial charge in [-0.2, -0.15) is 0 Å². The predicted octanol–water partition coefficient (Wildman–Crippen LogP) is 0.596. The number of pyridine rings is 1. The molecule has 0 unspecified atom stereocenters. The lowest BCUT2D eigenvalue weighted by Gasteiger charge is -2.03. The standard InChI is InChI=1S/C9H9N5O2S/c1-14-9(11-12-13-14)17-5-6-3-2-4-10-7(6)8(15)16/h2-4H,5H2,1H3,(H,15,16). The highest BCUT2D eigenvalue weighted by molar-refractivity contribution is 7.98. The normalized spacial score (nSPS) is 10.4. The molecule has 0 amide bonds. The molecule has 7 nitrogen and oxygen atoms in total. The third-order valence-corrected chi connectivity index (χ3v) is 3.09. The number of carbonyl (C=O) groups is 1. The zero-order valence-corrected chi connectivity index (χ0v) is 9.76. The molecule has 2 aromatic rings. The molecule has 0 aliphatic rings. The monoisotopic (exact) mass is 251 g/mol. The molecule has 1 N–H and O–H groups in total. The second-order valence-corrected chi connectivity index (χ2v) is 4.13. The van der Waals surface area contributed by atoms with Gasteiger partial charge in [-0.15, -0.1) is 5.10 Å². The van der Waals surface area contributed by atoms with Crippen LogP contribution in [0.1, 0.15) is 16.1 Å². The second-order valence-electron chi connectivity index (χ2n) is 3.19. The fraction of sp³-hybridized carbons (Fsp3) is 0.222. The Morgan fingerprint density at radius 2 is 2.41 bits per heavy atom. The largest absolute Gasteiger partial charge is 0.477 e. The van der Waals surface area contributed by atoms with E-state index in [1.54, 1.807) is 19.2 Å². The molecule has 0 saturated carbocycles. The number of aryl methyl sites for hydroxylation is 1. The molecular weight excluding hydrogens is 242 g/mol. The molecule has 2 rings (SSSR count). The van der Waals surface area contributed by atoms with E-state index in [2.05, 4.69) is 20.5 Å². The van der Waals surface area contributed by atoms with Crippen molar-refractivity contribution in [1.82, 2.24) is 25.2 Å². The molecule has 2 heterocycles. The van der Waals surface area contributed by atoms with E-state index < -0.39 is 5.97 Å². The van der Waals surface area contributed by atoms with Gasteiger partial charge >= 0.3 is 5.97 Å². The Labute approximate surface area is 101 Å². The van der Waals surface area contributed by atoms with E-state index in [1.165, 1.54) is 22.6 Å². The lowest BCUT2D eigenvalue weighted by Crippen LogP contribution is -2.04. The molecule has 0 spiro atoms. The Kier molecular flexibility index (Phi) is 3.33. The summed E-state index contributed by atoms with van der Waals surface area (Å²) in [6.07, 6.45) is 1.46. The Morgan fingerprint density at radius 1 is 1.59 bits per heavy atom. The van der Waals surface area contributed by atoms with Gasteiger partial charge in [0.05, 0.1) is 0 Å². The van der Waals surface area contributed by atoms with Crippen molar-refractivity contribution in [3.05, 3.63) is 29.6 Å². The quantitative estimate of drug-likeness (QED) is 0.795. The predicted molar refractivity (Wildman–Crippen MR) is 59.6 cm³/mol. The number of nitrogens with zero attached hydrogens (tertiary/aromatic N) is 5. The first-order valence-corrected chi connectivity index (χ1v) is 5.69. The third kappa shape index (κ3) is 2.59. The van der Waals surface area contributed by atoms with Crippen LogP contribution in [0.25, 0.3) is 0 Å². The SMILES string of the molecule is Cn1nnnc1SCc1cccnc1C(=O)O. The average Bonchev–Trinajstić information content (AvgIpc) is 2.72. The minimum atomic E-state index is -1.03. The smallest absolute Gasteiger partial charge is 0.354 e. The number of thioether (sulfide) groups is 1. The minimum absolute atomic E-state index is 0.0649. The van der Waals surface area contributed by atoms with E-state index in [0.717, 1.165) is 0 Å². The van der Waals surface area contributed by atoms with E-state index in [4.69, 9.17) is 5.11 Å². The van der Waals surface area contributed by atoms with Crippen LogP contribution >= 0.6 is 11.8 Å². The van der Waals surface area contributed by atoms with Crippen LogP contribution in [-0.4, -0.2) is 36.3 Å². The highest BCUT2D eigenvalue weighted by Crippen LogP contribution is 2.20. The lowest BCUT2D eigenvalue weighted by atomic mass is 10.2. The number of aromatic carboxylic acids is 1. The first kappa shape index (κ1) is 11.5. The number of rotatable bonds is 4. The third-order valence-electron chi connectivity index (χ3n) is 2.03. The first-order chi connectivity index (χ1) is 8.18. The maximum atomic E-state index is 10.9. The van der Waals surface area contributed by atoms with Crippen molar-refractivity contribution in [2.75, 3.05) is 0 Å². The summed E-state index contributed by atoms with van der Waals surface area (Å²) >= 11 is 1.36. The zero-order valence-electron chi connectivity index (χ0n) is 8.94. The number of hydrogen-bond acceptors (Lipinski definition) is 6. The van der Waals surface area contributed by atoms with Crippen LogP contribution in [0.4, 0.5) is 0 Å². The molecule has 0 aromatic carbocycles. The summed E-state index contributed by atoms with van der Waals surface area (Å²) in [5.41, 5.74) is 0.711. The van der Waals surface area contributed by atoms with Crippen LogP contribution in [-0.2, 0) is 12.8 Å². The second kappa shape index (κ2) is 4.91. The van der Waals surface area contributed by atoms with Crippen LogP contribution in [0.5, 0.6) is 0 Å². The van der Waals surface area contributed by atoms with Crippen molar-refractivity contribution in [3.63, 3.8) is 0 Å². The van der Waals surface area contributed by atoms with Crippen LogP contribution in [0.2, 0.25) is 0 Å². The molecule has 0 bridgehead atoms. The summed E-state index contributed by atoms with van der Waals surface area (Å²) in [6.45, 7) is 0. The van der Waals surface area contributed by atoms with Crippen molar-refractivity contribution >= 4 is 17.7 Å². The van der Waals surface area contributed by atoms with Gasteiger partial charge in [-0.25, -0.2) is 14.5 Å². The molecule has 88 valence electrons. The van der Waals surface area contributed by atoms with Gasteiger partial charge in [0.2, 0.25) is 5.16 Å². The summed E-state index contributed by atoms with van der Waals surface area (Å²) in [5.74, 6) is -0.568. The highest BCUT2D eigenvalue weighted by Gasteiger charge is 2.12. The van der Waals surface area contributed by atoms with Crippen LogP contribution < -0.4 is 0 Å². The molecule has 0 saturated heterocycles. The van der Waals surface area contributed by atoms with Gasteiger partial charge in [0.15, 0.2) is 5.69 Å². The maximum Gasteiger partial charge on any atom is 0.354 e. The Hall–Kier alpha value is -1.96. The molecule has 0 aliphatic carbocycles. The number of carboxylic acids is 1. The van der Waals surface area contributed by atoms with E-state index in [0.29, 0.717) is 16.5 Å². The first-order valence-electron chi connectivity index (χ1n) is 4.71. The number of carboxylic acid groups (broad SMARTS) is 1. The van der Waals surface area contributed by atoms with Crippen molar-refractivity contribution in [3.8, 4) is 0 Å².